The largest absolute Gasteiger partial charge is 0.493 e. The number of fused-ring (bicyclic) bond motifs is 1. The van der Waals surface area contributed by atoms with Gasteiger partial charge in [-0.05, 0) is 54.1 Å². The van der Waals surface area contributed by atoms with Crippen molar-refractivity contribution in [3.63, 3.8) is 0 Å². The van der Waals surface area contributed by atoms with Crippen LogP contribution in [0.4, 0.5) is 23.2 Å². The van der Waals surface area contributed by atoms with Crippen molar-refractivity contribution < 1.29 is 31.8 Å². The van der Waals surface area contributed by atoms with Crippen molar-refractivity contribution in [2.75, 3.05) is 12.4 Å². The Balaban J connectivity index is 1.61. The summed E-state index contributed by atoms with van der Waals surface area (Å²) in [6.45, 7) is -0.776. The van der Waals surface area contributed by atoms with Gasteiger partial charge in [-0.25, -0.2) is 9.18 Å². The number of methoxy groups -OCH3 is 1. The van der Waals surface area contributed by atoms with Gasteiger partial charge in [0.05, 0.1) is 23.7 Å². The number of anilines is 1. The number of aromatic amines is 1. The second-order valence-electron chi connectivity index (χ2n) is 9.09. The van der Waals surface area contributed by atoms with Gasteiger partial charge in [0.2, 0.25) is 5.91 Å². The van der Waals surface area contributed by atoms with Crippen molar-refractivity contribution >= 4 is 34.2 Å². The maximum atomic E-state index is 15.3. The summed E-state index contributed by atoms with van der Waals surface area (Å²) in [4.78, 5) is 28.7. The van der Waals surface area contributed by atoms with Gasteiger partial charge in [-0.2, -0.15) is 13.2 Å². The SMILES string of the molecule is COc1cc(-c2cc(C(F)(F)F)cc3c2n(C)c(=O)n3CC(=O)Nc2ccc(Cl)cc2)cc(F)c1OCc1nnc[nH]1. The fourth-order valence-corrected chi connectivity index (χ4v) is 4.55. The van der Waals surface area contributed by atoms with Gasteiger partial charge in [0.1, 0.15) is 19.5 Å². The predicted molar refractivity (Wildman–Crippen MR) is 145 cm³/mol. The van der Waals surface area contributed by atoms with Crippen LogP contribution < -0.4 is 20.5 Å². The number of halogens is 5. The number of amides is 1. The lowest BCUT2D eigenvalue weighted by atomic mass is 9.99. The first-order chi connectivity index (χ1) is 20.0. The molecule has 10 nitrogen and oxygen atoms in total. The van der Waals surface area contributed by atoms with Gasteiger partial charge < -0.3 is 19.8 Å². The number of carbonyl (C=O) groups is 1. The maximum absolute atomic E-state index is 15.3. The molecule has 3 aromatic carbocycles. The van der Waals surface area contributed by atoms with E-state index >= 15 is 4.39 Å². The Labute approximate surface area is 239 Å². The molecule has 42 heavy (non-hydrogen) atoms. The molecule has 0 fully saturated rings. The zero-order chi connectivity index (χ0) is 30.2. The number of hydrogen-bond acceptors (Lipinski definition) is 6. The number of hydrogen-bond donors (Lipinski definition) is 2. The van der Waals surface area contributed by atoms with Gasteiger partial charge in [-0.1, -0.05) is 11.6 Å². The first-order valence-corrected chi connectivity index (χ1v) is 12.6. The van der Waals surface area contributed by atoms with E-state index in [-0.39, 0.29) is 40.3 Å². The van der Waals surface area contributed by atoms with Gasteiger partial charge in [0, 0.05) is 23.3 Å². The molecule has 2 heterocycles. The van der Waals surface area contributed by atoms with Crippen LogP contribution in [0.25, 0.3) is 22.2 Å². The first-order valence-electron chi connectivity index (χ1n) is 12.2. The highest BCUT2D eigenvalue weighted by molar-refractivity contribution is 6.30. The second-order valence-corrected chi connectivity index (χ2v) is 9.52. The van der Waals surface area contributed by atoms with Gasteiger partial charge in [-0.3, -0.25) is 13.9 Å². The average molecular weight is 605 g/mol. The highest BCUT2D eigenvalue weighted by Gasteiger charge is 2.33. The minimum absolute atomic E-state index is 0.0224. The number of nitrogens with one attached hydrogen (secondary N) is 2. The van der Waals surface area contributed by atoms with Crippen LogP contribution in [0, 0.1) is 5.82 Å². The fourth-order valence-electron chi connectivity index (χ4n) is 4.43. The van der Waals surface area contributed by atoms with Crippen molar-refractivity contribution in [2.24, 2.45) is 7.05 Å². The summed E-state index contributed by atoms with van der Waals surface area (Å²) in [5, 5.41) is 10.4. The van der Waals surface area contributed by atoms with Gasteiger partial charge in [0.25, 0.3) is 0 Å². The van der Waals surface area contributed by atoms with Crippen LogP contribution in [-0.2, 0) is 31.2 Å². The molecular weight excluding hydrogens is 584 g/mol. The molecule has 218 valence electrons. The summed E-state index contributed by atoms with van der Waals surface area (Å²) in [6.07, 6.45) is -3.51. The van der Waals surface area contributed by atoms with Crippen LogP contribution >= 0.6 is 11.6 Å². The molecule has 0 saturated heterocycles. The lowest BCUT2D eigenvalue weighted by Gasteiger charge is -2.15. The molecule has 15 heteroatoms. The molecule has 0 atom stereocenters. The average Bonchev–Trinajstić information content (AvgIpc) is 3.55. The van der Waals surface area contributed by atoms with Gasteiger partial charge >= 0.3 is 11.9 Å². The van der Waals surface area contributed by atoms with Crippen LogP contribution in [0.5, 0.6) is 11.5 Å². The first kappa shape index (κ1) is 28.7. The number of ether oxygens (including phenoxy) is 2. The molecule has 0 unspecified atom stereocenters. The lowest BCUT2D eigenvalue weighted by Crippen LogP contribution is -2.28. The number of H-pyrrole nitrogens is 1. The minimum atomic E-state index is -4.83. The third-order valence-electron chi connectivity index (χ3n) is 6.35. The van der Waals surface area contributed by atoms with E-state index in [9.17, 15) is 22.8 Å². The number of nitrogens with zero attached hydrogens (tertiary/aromatic N) is 4. The van der Waals surface area contributed by atoms with Crippen LogP contribution in [0.1, 0.15) is 11.4 Å². The normalized spacial score (nSPS) is 11.6. The smallest absolute Gasteiger partial charge is 0.416 e. The molecular formula is C27H21ClF4N6O4. The van der Waals surface area contributed by atoms with E-state index in [1.54, 1.807) is 12.1 Å². The van der Waals surface area contributed by atoms with Gasteiger partial charge in [0.15, 0.2) is 23.1 Å². The summed E-state index contributed by atoms with van der Waals surface area (Å²) in [5.41, 5.74) is -1.75. The molecule has 0 saturated carbocycles. The van der Waals surface area contributed by atoms with Crippen molar-refractivity contribution in [3.05, 3.63) is 87.6 Å². The standard InChI is InChI=1S/C27H21ClF4N6O4/c1-37-24-18(14-7-19(29)25(21(8-14)41-2)42-12-22-33-13-34-36-22)9-15(27(30,31)32)10-20(24)38(26(37)40)11-23(39)35-17-5-3-16(28)4-6-17/h3-10,13H,11-12H2,1-2H3,(H,35,39)(H,33,34,36). The number of benzene rings is 3. The van der Waals surface area contributed by atoms with Crippen molar-refractivity contribution in [1.29, 1.82) is 0 Å². The number of imidazole rings is 1. The molecule has 0 aliphatic carbocycles. The number of carbonyl (C=O) groups excluding carboxylic acids is 1. The topological polar surface area (TPSA) is 116 Å². The summed E-state index contributed by atoms with van der Waals surface area (Å²) in [5.74, 6) is -1.70. The number of alkyl halides is 3. The molecule has 0 spiro atoms. The lowest BCUT2D eigenvalue weighted by molar-refractivity contribution is -0.137. The van der Waals surface area contributed by atoms with E-state index in [1.165, 1.54) is 38.7 Å². The number of aromatic nitrogens is 5. The molecule has 0 bridgehead atoms. The van der Waals surface area contributed by atoms with Crippen molar-refractivity contribution in [3.8, 4) is 22.6 Å². The Morgan fingerprint density at radius 1 is 1.14 bits per heavy atom. The minimum Gasteiger partial charge on any atom is -0.493 e. The maximum Gasteiger partial charge on any atom is 0.416 e. The van der Waals surface area contributed by atoms with Crippen LogP contribution in [-0.4, -0.2) is 37.3 Å². The predicted octanol–water partition coefficient (Wildman–Crippen LogP) is 5.16. The highest BCUT2D eigenvalue weighted by atomic mass is 35.5. The van der Waals surface area contributed by atoms with E-state index < -0.39 is 35.7 Å². The summed E-state index contributed by atoms with van der Waals surface area (Å²) in [6, 6.07) is 10.0. The zero-order valence-corrected chi connectivity index (χ0v) is 22.7. The van der Waals surface area contributed by atoms with Crippen LogP contribution in [0.3, 0.4) is 0 Å². The van der Waals surface area contributed by atoms with Gasteiger partial charge in [-0.15, -0.1) is 10.2 Å². The molecule has 0 aliphatic rings. The molecule has 0 aliphatic heterocycles. The van der Waals surface area contributed by atoms with E-state index in [1.807, 2.05) is 0 Å². The van der Waals surface area contributed by atoms with Crippen LogP contribution in [0.2, 0.25) is 5.02 Å². The molecule has 2 N–H and O–H groups in total. The van der Waals surface area contributed by atoms with E-state index in [2.05, 4.69) is 20.5 Å². The molecule has 1 amide bonds. The molecule has 5 rings (SSSR count). The molecule has 2 aromatic heterocycles. The van der Waals surface area contributed by atoms with E-state index in [4.69, 9.17) is 21.1 Å². The Hall–Kier alpha value is -4.85. The van der Waals surface area contributed by atoms with E-state index in [0.717, 1.165) is 27.3 Å². The quantitative estimate of drug-likeness (QED) is 0.236. The Morgan fingerprint density at radius 2 is 1.88 bits per heavy atom. The summed E-state index contributed by atoms with van der Waals surface area (Å²) >= 11 is 5.86. The Bertz CT molecular complexity index is 1830. The Kier molecular flexibility index (Phi) is 7.65. The highest BCUT2D eigenvalue weighted by Crippen LogP contribution is 2.41. The summed E-state index contributed by atoms with van der Waals surface area (Å²) in [7, 11) is 2.59. The van der Waals surface area contributed by atoms with Crippen molar-refractivity contribution in [2.45, 2.75) is 19.3 Å². The van der Waals surface area contributed by atoms with E-state index in [0.29, 0.717) is 16.5 Å². The van der Waals surface area contributed by atoms with Crippen molar-refractivity contribution in [1.82, 2.24) is 24.3 Å². The number of aryl methyl sites for hydroxylation is 1. The fraction of sp³-hybridized carbons (Fsp3) is 0.185. The number of rotatable bonds is 8. The van der Waals surface area contributed by atoms with Crippen LogP contribution in [0.15, 0.2) is 59.7 Å². The second kappa shape index (κ2) is 11.2. The monoisotopic (exact) mass is 604 g/mol. The Morgan fingerprint density at radius 3 is 2.52 bits per heavy atom. The zero-order valence-electron chi connectivity index (χ0n) is 21.9. The summed E-state index contributed by atoms with van der Waals surface area (Å²) < 4.78 is 70.2. The third-order valence-corrected chi connectivity index (χ3v) is 6.60. The third kappa shape index (κ3) is 5.65. The molecule has 0 radical (unpaired) electrons. The molecule has 5 aromatic rings.